The van der Waals surface area contributed by atoms with E-state index < -0.39 is 10.0 Å². The Labute approximate surface area is 188 Å². The number of hydrogen-bond acceptors (Lipinski definition) is 6. The second-order valence-electron chi connectivity index (χ2n) is 7.92. The fraction of sp³-hybridized carbons (Fsp3) is 0.435. The number of ether oxygens (including phenoxy) is 3. The Morgan fingerprint density at radius 2 is 1.81 bits per heavy atom. The van der Waals surface area contributed by atoms with Crippen molar-refractivity contribution >= 4 is 21.6 Å². The zero-order valence-electron chi connectivity index (χ0n) is 18.1. The number of nitrogens with zero attached hydrogens (tertiary/aromatic N) is 1. The van der Waals surface area contributed by atoms with Crippen LogP contribution in [0.15, 0.2) is 47.4 Å². The molecule has 172 valence electrons. The molecule has 2 aromatic carbocycles. The van der Waals surface area contributed by atoms with E-state index in [1.54, 1.807) is 35.2 Å². The molecule has 1 unspecified atom stereocenters. The largest absolute Gasteiger partial charge is 0.490 e. The average molecular weight is 461 g/mol. The molecule has 0 spiro atoms. The summed E-state index contributed by atoms with van der Waals surface area (Å²) in [5.41, 5.74) is 0.894. The van der Waals surface area contributed by atoms with E-state index in [0.717, 1.165) is 19.4 Å². The van der Waals surface area contributed by atoms with Crippen molar-refractivity contribution in [1.29, 1.82) is 0 Å². The Balaban J connectivity index is 1.44. The summed E-state index contributed by atoms with van der Waals surface area (Å²) in [5.74, 6) is 1.24. The molecular weight excluding hydrogens is 432 g/mol. The van der Waals surface area contributed by atoms with E-state index in [9.17, 15) is 13.2 Å². The van der Waals surface area contributed by atoms with E-state index in [4.69, 9.17) is 14.2 Å². The lowest BCUT2D eigenvalue weighted by molar-refractivity contribution is 0.0731. The number of amides is 1. The van der Waals surface area contributed by atoms with Gasteiger partial charge in [-0.25, -0.2) is 8.42 Å². The maximum Gasteiger partial charge on any atom is 0.262 e. The lowest BCUT2D eigenvalue weighted by atomic mass is 10.1. The Bertz CT molecular complexity index is 1050. The molecule has 2 heterocycles. The molecule has 1 saturated heterocycles. The molecule has 0 saturated carbocycles. The van der Waals surface area contributed by atoms with E-state index in [0.29, 0.717) is 61.6 Å². The van der Waals surface area contributed by atoms with Crippen LogP contribution in [0, 0.1) is 5.92 Å². The first-order valence-corrected chi connectivity index (χ1v) is 12.3. The number of anilines is 1. The molecule has 1 fully saturated rings. The normalized spacial score (nSPS) is 18.1. The van der Waals surface area contributed by atoms with Crippen LogP contribution in [-0.2, 0) is 14.8 Å². The Morgan fingerprint density at radius 3 is 2.50 bits per heavy atom. The second-order valence-corrected chi connectivity index (χ2v) is 9.60. The number of carbonyl (C=O) groups is 1. The molecule has 32 heavy (non-hydrogen) atoms. The number of benzene rings is 2. The van der Waals surface area contributed by atoms with Gasteiger partial charge in [0, 0.05) is 49.4 Å². The van der Waals surface area contributed by atoms with Gasteiger partial charge in [-0.05, 0) is 49.7 Å². The molecule has 0 aliphatic carbocycles. The number of carbonyl (C=O) groups excluding carboxylic acids is 1. The number of sulfonamides is 1. The molecular formula is C23H28N2O6S. The van der Waals surface area contributed by atoms with Crippen molar-refractivity contribution in [3.8, 4) is 11.5 Å². The molecule has 1 N–H and O–H groups in total. The molecule has 0 bridgehead atoms. The van der Waals surface area contributed by atoms with Gasteiger partial charge in [0.1, 0.15) is 0 Å². The van der Waals surface area contributed by atoms with Gasteiger partial charge in [0.25, 0.3) is 15.9 Å². The van der Waals surface area contributed by atoms with Crippen LogP contribution in [-0.4, -0.2) is 58.7 Å². The highest BCUT2D eigenvalue weighted by Gasteiger charge is 2.23. The van der Waals surface area contributed by atoms with Gasteiger partial charge in [0.05, 0.1) is 24.7 Å². The maximum atomic E-state index is 12.9. The van der Waals surface area contributed by atoms with Crippen molar-refractivity contribution < 1.29 is 27.4 Å². The third-order valence-electron chi connectivity index (χ3n) is 5.58. The summed E-state index contributed by atoms with van der Waals surface area (Å²) in [7, 11) is -3.82. The summed E-state index contributed by atoms with van der Waals surface area (Å²) in [6.07, 6.45) is 1.70. The minimum absolute atomic E-state index is 0.0725. The molecule has 0 radical (unpaired) electrons. The Morgan fingerprint density at radius 1 is 1.06 bits per heavy atom. The number of nitrogens with one attached hydrogen (secondary N) is 1. The van der Waals surface area contributed by atoms with Crippen LogP contribution in [0.4, 0.5) is 5.69 Å². The minimum atomic E-state index is -3.82. The summed E-state index contributed by atoms with van der Waals surface area (Å²) in [6, 6.07) is 11.0. The number of hydrogen-bond donors (Lipinski definition) is 1. The van der Waals surface area contributed by atoms with Crippen molar-refractivity contribution in [2.75, 3.05) is 44.2 Å². The molecule has 1 atom stereocenters. The Hall–Kier alpha value is -2.78. The fourth-order valence-electron chi connectivity index (χ4n) is 3.78. The first kappa shape index (κ1) is 22.4. The molecule has 2 aliphatic heterocycles. The summed E-state index contributed by atoms with van der Waals surface area (Å²) in [6.45, 7) is 5.65. The van der Waals surface area contributed by atoms with Gasteiger partial charge < -0.3 is 19.1 Å². The van der Waals surface area contributed by atoms with Gasteiger partial charge >= 0.3 is 0 Å². The highest BCUT2D eigenvalue weighted by molar-refractivity contribution is 7.92. The van der Waals surface area contributed by atoms with E-state index in [-0.39, 0.29) is 10.8 Å². The zero-order chi connectivity index (χ0) is 22.6. The van der Waals surface area contributed by atoms with Crippen LogP contribution in [0.3, 0.4) is 0 Å². The predicted molar refractivity (Wildman–Crippen MR) is 120 cm³/mol. The highest BCUT2D eigenvalue weighted by atomic mass is 32.2. The van der Waals surface area contributed by atoms with Crippen molar-refractivity contribution in [2.24, 2.45) is 5.92 Å². The van der Waals surface area contributed by atoms with Crippen molar-refractivity contribution in [2.45, 2.75) is 24.7 Å². The van der Waals surface area contributed by atoms with Crippen LogP contribution in [0.25, 0.3) is 0 Å². The lowest BCUT2D eigenvalue weighted by Crippen LogP contribution is -2.35. The molecule has 2 aromatic rings. The standard InChI is InChI=1S/C23H28N2O6S/c1-2-25(15-17-10-13-29-16-17)23(26)18-4-6-19(7-5-18)24-32(27,28)20-8-9-21-22(14-20)31-12-3-11-30-21/h4-9,14,17,24H,2-3,10-13,15-16H2,1H3. The molecule has 8 nitrogen and oxygen atoms in total. The van der Waals surface area contributed by atoms with Crippen molar-refractivity contribution in [3.63, 3.8) is 0 Å². The molecule has 9 heteroatoms. The first-order chi connectivity index (χ1) is 15.5. The summed E-state index contributed by atoms with van der Waals surface area (Å²) >= 11 is 0. The van der Waals surface area contributed by atoms with Gasteiger partial charge in [-0.15, -0.1) is 0 Å². The third-order valence-corrected chi connectivity index (χ3v) is 6.96. The summed E-state index contributed by atoms with van der Waals surface area (Å²) in [5, 5.41) is 0. The predicted octanol–water partition coefficient (Wildman–Crippen LogP) is 3.15. The van der Waals surface area contributed by atoms with Crippen LogP contribution in [0.5, 0.6) is 11.5 Å². The van der Waals surface area contributed by atoms with Gasteiger partial charge in [-0.2, -0.15) is 0 Å². The zero-order valence-corrected chi connectivity index (χ0v) is 18.9. The van der Waals surface area contributed by atoms with Gasteiger partial charge in [0.2, 0.25) is 0 Å². The summed E-state index contributed by atoms with van der Waals surface area (Å²) in [4.78, 5) is 14.8. The minimum Gasteiger partial charge on any atom is -0.490 e. The maximum absolute atomic E-state index is 12.9. The van der Waals surface area contributed by atoms with Crippen LogP contribution >= 0.6 is 0 Å². The molecule has 4 rings (SSSR count). The average Bonchev–Trinajstić information content (AvgIpc) is 3.19. The quantitative estimate of drug-likeness (QED) is 0.682. The van der Waals surface area contributed by atoms with Crippen LogP contribution < -0.4 is 14.2 Å². The van der Waals surface area contributed by atoms with Gasteiger partial charge in [-0.3, -0.25) is 9.52 Å². The summed E-state index contributed by atoms with van der Waals surface area (Å²) < 4.78 is 44.8. The number of fused-ring (bicyclic) bond motifs is 1. The van der Waals surface area contributed by atoms with Crippen molar-refractivity contribution in [3.05, 3.63) is 48.0 Å². The van der Waals surface area contributed by atoms with Crippen LogP contribution in [0.2, 0.25) is 0 Å². The van der Waals surface area contributed by atoms with Crippen molar-refractivity contribution in [1.82, 2.24) is 4.90 Å². The van der Waals surface area contributed by atoms with Gasteiger partial charge in [0.15, 0.2) is 11.5 Å². The Kier molecular flexibility index (Phi) is 6.86. The van der Waals surface area contributed by atoms with Gasteiger partial charge in [-0.1, -0.05) is 0 Å². The molecule has 1 amide bonds. The molecule has 2 aliphatic rings. The topological polar surface area (TPSA) is 94.2 Å². The SMILES string of the molecule is CCN(CC1CCOC1)C(=O)c1ccc(NS(=O)(=O)c2ccc3c(c2)OCCCO3)cc1. The first-order valence-electron chi connectivity index (χ1n) is 10.9. The smallest absolute Gasteiger partial charge is 0.262 e. The van der Waals surface area contributed by atoms with E-state index in [1.807, 2.05) is 6.92 Å². The highest BCUT2D eigenvalue weighted by Crippen LogP contribution is 2.32. The molecule has 0 aromatic heterocycles. The van der Waals surface area contributed by atoms with E-state index in [2.05, 4.69) is 4.72 Å². The fourth-order valence-corrected chi connectivity index (χ4v) is 4.86. The second kappa shape index (κ2) is 9.79. The van der Waals surface area contributed by atoms with Crippen LogP contribution in [0.1, 0.15) is 30.1 Å². The van der Waals surface area contributed by atoms with E-state index >= 15 is 0 Å². The van der Waals surface area contributed by atoms with E-state index in [1.165, 1.54) is 12.1 Å². The monoisotopic (exact) mass is 460 g/mol. The lowest BCUT2D eigenvalue weighted by Gasteiger charge is -2.24. The number of rotatable bonds is 7. The third kappa shape index (κ3) is 5.16.